The van der Waals surface area contributed by atoms with Gasteiger partial charge in [0.2, 0.25) is 6.79 Å². The summed E-state index contributed by atoms with van der Waals surface area (Å²) in [6.07, 6.45) is 5.12. The van der Waals surface area contributed by atoms with E-state index in [1.54, 1.807) is 18.6 Å². The fourth-order valence-electron chi connectivity index (χ4n) is 2.82. The molecule has 1 aromatic heterocycles. The van der Waals surface area contributed by atoms with E-state index < -0.39 is 0 Å². The van der Waals surface area contributed by atoms with Crippen molar-refractivity contribution < 1.29 is 14.2 Å². The molecule has 2 heterocycles. The molecule has 1 aliphatic rings. The van der Waals surface area contributed by atoms with Crippen molar-refractivity contribution >= 4 is 23.2 Å². The second kappa shape index (κ2) is 7.58. The van der Waals surface area contributed by atoms with E-state index >= 15 is 0 Å². The molecule has 0 amide bonds. The molecule has 0 bridgehead atoms. The van der Waals surface area contributed by atoms with Gasteiger partial charge in [-0.2, -0.15) is 0 Å². The van der Waals surface area contributed by atoms with Crippen LogP contribution in [0.4, 0.5) is 0 Å². The van der Waals surface area contributed by atoms with Gasteiger partial charge in [-0.25, -0.2) is 4.98 Å². The van der Waals surface area contributed by atoms with Crippen molar-refractivity contribution in [1.29, 1.82) is 0 Å². The second-order valence-corrected chi connectivity index (χ2v) is 6.76. The molecule has 0 saturated carbocycles. The number of fused-ring (bicyclic) bond motifs is 1. The molecule has 0 spiro atoms. The van der Waals surface area contributed by atoms with E-state index in [0.717, 1.165) is 22.6 Å². The summed E-state index contributed by atoms with van der Waals surface area (Å²) in [5, 5.41) is 1.17. The molecule has 1 atom stereocenters. The van der Waals surface area contributed by atoms with Gasteiger partial charge in [0.15, 0.2) is 11.5 Å². The molecule has 1 unspecified atom stereocenters. The zero-order valence-corrected chi connectivity index (χ0v) is 15.3. The van der Waals surface area contributed by atoms with Crippen LogP contribution in [0, 0.1) is 0 Å². The van der Waals surface area contributed by atoms with Gasteiger partial charge in [-0.3, -0.25) is 0 Å². The van der Waals surface area contributed by atoms with Crippen LogP contribution >= 0.6 is 23.2 Å². The predicted molar refractivity (Wildman–Crippen MR) is 98.8 cm³/mol. The number of hydrogen-bond acceptors (Lipinski definition) is 4. The molecule has 0 radical (unpaired) electrons. The molecule has 134 valence electrons. The highest BCUT2D eigenvalue weighted by Gasteiger charge is 2.18. The summed E-state index contributed by atoms with van der Waals surface area (Å²) in [7, 11) is 0. The number of rotatable bonds is 6. The Morgan fingerprint density at radius 3 is 2.81 bits per heavy atom. The van der Waals surface area contributed by atoms with Crippen LogP contribution in [-0.2, 0) is 17.9 Å². The Kier molecular flexibility index (Phi) is 5.02. The summed E-state index contributed by atoms with van der Waals surface area (Å²) in [6.45, 7) is 1.25. The van der Waals surface area contributed by atoms with Crippen LogP contribution in [0.5, 0.6) is 11.5 Å². The molecular weight excluding hydrogens is 375 g/mol. The van der Waals surface area contributed by atoms with Gasteiger partial charge >= 0.3 is 0 Å². The Hall–Kier alpha value is -2.21. The lowest BCUT2D eigenvalue weighted by molar-refractivity contribution is 0.0279. The van der Waals surface area contributed by atoms with Gasteiger partial charge in [0.05, 0.1) is 19.5 Å². The van der Waals surface area contributed by atoms with Gasteiger partial charge in [-0.05, 0) is 29.8 Å². The van der Waals surface area contributed by atoms with Crippen molar-refractivity contribution in [2.75, 3.05) is 6.79 Å². The molecule has 5 nitrogen and oxygen atoms in total. The summed E-state index contributed by atoms with van der Waals surface area (Å²) in [6, 6.07) is 11.2. The topological polar surface area (TPSA) is 45.5 Å². The highest BCUT2D eigenvalue weighted by atomic mass is 35.5. The van der Waals surface area contributed by atoms with Crippen molar-refractivity contribution in [3.63, 3.8) is 0 Å². The molecule has 0 N–H and O–H groups in total. The second-order valence-electron chi connectivity index (χ2n) is 5.91. The fraction of sp³-hybridized carbons (Fsp3) is 0.211. The SMILES string of the molecule is Clc1ccc(C(Cn2ccnc2)OCc2ccc3c(c2)OCO3)c(Cl)c1. The number of aromatic nitrogens is 2. The minimum Gasteiger partial charge on any atom is -0.454 e. The van der Waals surface area contributed by atoms with Crippen molar-refractivity contribution in [3.8, 4) is 11.5 Å². The molecule has 7 heteroatoms. The lowest BCUT2D eigenvalue weighted by atomic mass is 10.1. The van der Waals surface area contributed by atoms with Crippen LogP contribution in [0.2, 0.25) is 10.0 Å². The van der Waals surface area contributed by atoms with E-state index in [9.17, 15) is 0 Å². The zero-order chi connectivity index (χ0) is 17.9. The maximum absolute atomic E-state index is 6.40. The summed E-state index contributed by atoms with van der Waals surface area (Å²) < 4.78 is 18.9. The van der Waals surface area contributed by atoms with Gasteiger partial charge in [0, 0.05) is 28.0 Å². The fourth-order valence-corrected chi connectivity index (χ4v) is 3.35. The summed E-state index contributed by atoms with van der Waals surface area (Å²) in [4.78, 5) is 4.09. The zero-order valence-electron chi connectivity index (χ0n) is 13.8. The van der Waals surface area contributed by atoms with Gasteiger partial charge in [0.25, 0.3) is 0 Å². The summed E-state index contributed by atoms with van der Waals surface area (Å²) in [5.41, 5.74) is 1.88. The first-order chi connectivity index (χ1) is 12.7. The third-order valence-electron chi connectivity index (χ3n) is 4.13. The van der Waals surface area contributed by atoms with Crippen molar-refractivity contribution in [3.05, 3.63) is 76.3 Å². The van der Waals surface area contributed by atoms with Crippen LogP contribution in [0.3, 0.4) is 0 Å². The molecule has 0 fully saturated rings. The van der Waals surface area contributed by atoms with Crippen LogP contribution in [0.1, 0.15) is 17.2 Å². The van der Waals surface area contributed by atoms with Gasteiger partial charge in [0.1, 0.15) is 6.10 Å². The molecule has 3 aromatic rings. The molecule has 0 aliphatic carbocycles. The Morgan fingerprint density at radius 1 is 1.12 bits per heavy atom. The normalized spacial score (nSPS) is 13.8. The third-order valence-corrected chi connectivity index (χ3v) is 4.70. The largest absolute Gasteiger partial charge is 0.454 e. The maximum atomic E-state index is 6.40. The van der Waals surface area contributed by atoms with E-state index in [1.807, 2.05) is 41.1 Å². The maximum Gasteiger partial charge on any atom is 0.231 e. The summed E-state index contributed by atoms with van der Waals surface area (Å²) >= 11 is 12.4. The van der Waals surface area contributed by atoms with E-state index in [4.69, 9.17) is 37.4 Å². The van der Waals surface area contributed by atoms with Crippen LogP contribution in [0.15, 0.2) is 55.1 Å². The number of halogens is 2. The average Bonchev–Trinajstić information content (AvgIpc) is 3.30. The van der Waals surface area contributed by atoms with Crippen molar-refractivity contribution in [2.24, 2.45) is 0 Å². The molecule has 2 aromatic carbocycles. The van der Waals surface area contributed by atoms with E-state index in [2.05, 4.69) is 4.98 Å². The first kappa shape index (κ1) is 17.2. The van der Waals surface area contributed by atoms with Crippen LogP contribution in [-0.4, -0.2) is 16.3 Å². The summed E-state index contributed by atoms with van der Waals surface area (Å²) in [5.74, 6) is 1.49. The lowest BCUT2D eigenvalue weighted by Crippen LogP contribution is -2.12. The Bertz CT molecular complexity index is 900. The number of imidazole rings is 1. The Balaban J connectivity index is 1.54. The number of benzene rings is 2. The van der Waals surface area contributed by atoms with Gasteiger partial charge in [-0.1, -0.05) is 35.3 Å². The van der Waals surface area contributed by atoms with Crippen molar-refractivity contribution in [2.45, 2.75) is 19.3 Å². The Labute approximate surface area is 161 Å². The van der Waals surface area contributed by atoms with Crippen molar-refractivity contribution in [1.82, 2.24) is 9.55 Å². The van der Waals surface area contributed by atoms with Gasteiger partial charge < -0.3 is 18.8 Å². The minimum absolute atomic E-state index is 0.251. The molecule has 4 rings (SSSR count). The number of hydrogen-bond donors (Lipinski definition) is 0. The van der Waals surface area contributed by atoms with Crippen LogP contribution in [0.25, 0.3) is 0 Å². The monoisotopic (exact) mass is 390 g/mol. The van der Waals surface area contributed by atoms with Gasteiger partial charge in [-0.15, -0.1) is 0 Å². The van der Waals surface area contributed by atoms with Crippen LogP contribution < -0.4 is 9.47 Å². The standard InChI is InChI=1S/C19H16Cl2N2O3/c20-14-2-3-15(16(21)8-14)19(9-23-6-5-22-11-23)24-10-13-1-4-17-18(7-13)26-12-25-17/h1-8,11,19H,9-10,12H2. The smallest absolute Gasteiger partial charge is 0.231 e. The predicted octanol–water partition coefficient (Wildman–Crippen LogP) is 4.88. The molecular formula is C19H16Cl2N2O3. The highest BCUT2D eigenvalue weighted by Crippen LogP contribution is 2.34. The third kappa shape index (κ3) is 3.80. The number of nitrogens with zero attached hydrogens (tertiary/aromatic N) is 2. The average molecular weight is 391 g/mol. The quantitative estimate of drug-likeness (QED) is 0.601. The van der Waals surface area contributed by atoms with E-state index in [-0.39, 0.29) is 12.9 Å². The number of ether oxygens (including phenoxy) is 3. The molecule has 26 heavy (non-hydrogen) atoms. The van der Waals surface area contributed by atoms with E-state index in [1.165, 1.54) is 0 Å². The Morgan fingerprint density at radius 2 is 2.00 bits per heavy atom. The first-order valence-corrected chi connectivity index (χ1v) is 8.85. The lowest BCUT2D eigenvalue weighted by Gasteiger charge is -2.20. The highest BCUT2D eigenvalue weighted by molar-refractivity contribution is 6.35. The first-order valence-electron chi connectivity index (χ1n) is 8.10. The molecule has 1 aliphatic heterocycles. The minimum atomic E-state index is -0.251. The van der Waals surface area contributed by atoms with E-state index in [0.29, 0.717) is 23.2 Å². The molecule has 0 saturated heterocycles.